The zero-order valence-corrected chi connectivity index (χ0v) is 21.3. The van der Waals surface area contributed by atoms with Gasteiger partial charge in [-0.2, -0.15) is 0 Å². The number of fused-ring (bicyclic) bond motifs is 4. The van der Waals surface area contributed by atoms with E-state index in [0.29, 0.717) is 32.9 Å². The largest absolute Gasteiger partial charge is 0.507 e. The van der Waals surface area contributed by atoms with E-state index >= 15 is 0 Å². The Kier molecular flexibility index (Phi) is 5.53. The molecular weight excluding hydrogens is 496 g/mol. The first-order valence-corrected chi connectivity index (χ1v) is 13.0. The van der Waals surface area contributed by atoms with Gasteiger partial charge in [-0.3, -0.25) is 9.59 Å². The maximum atomic E-state index is 14.1. The van der Waals surface area contributed by atoms with Crippen LogP contribution in [0.1, 0.15) is 15.9 Å². The molecule has 0 aliphatic carbocycles. The first-order valence-electron chi connectivity index (χ1n) is 13.0. The van der Waals surface area contributed by atoms with E-state index in [1.54, 1.807) is 30.3 Å². The molecule has 0 aliphatic heterocycles. The molecule has 0 saturated carbocycles. The van der Waals surface area contributed by atoms with Crippen LogP contribution in [0.2, 0.25) is 0 Å². The minimum absolute atomic E-state index is 0.0773. The van der Waals surface area contributed by atoms with Gasteiger partial charge >= 0.3 is 0 Å². The summed E-state index contributed by atoms with van der Waals surface area (Å²) >= 11 is 0. The molecule has 0 amide bonds. The molecule has 190 valence electrons. The van der Waals surface area contributed by atoms with Crippen LogP contribution < -0.4 is 5.43 Å². The quantitative estimate of drug-likeness (QED) is 0.144. The number of phenolic OH excluding ortho intramolecular Hbond substituents is 1. The first-order chi connectivity index (χ1) is 19.6. The van der Waals surface area contributed by atoms with Crippen molar-refractivity contribution in [3.8, 4) is 28.0 Å². The van der Waals surface area contributed by atoms with Crippen molar-refractivity contribution in [1.82, 2.24) is 0 Å². The fraction of sp³-hybridized carbons (Fsp3) is 0. The molecule has 1 aromatic heterocycles. The van der Waals surface area contributed by atoms with Crippen LogP contribution in [0.15, 0.2) is 137 Å². The summed E-state index contributed by atoms with van der Waals surface area (Å²) in [5.74, 6) is -0.377. The number of rotatable bonds is 4. The summed E-state index contributed by atoms with van der Waals surface area (Å²) in [6.07, 6.45) is 0. The van der Waals surface area contributed by atoms with Gasteiger partial charge in [-0.15, -0.1) is 0 Å². The van der Waals surface area contributed by atoms with Crippen LogP contribution in [0, 0.1) is 0 Å². The average molecular weight is 519 g/mol. The third-order valence-electron chi connectivity index (χ3n) is 7.37. The Bertz CT molecular complexity index is 2140. The molecule has 0 bridgehead atoms. The third-order valence-corrected chi connectivity index (χ3v) is 7.37. The van der Waals surface area contributed by atoms with Crippen molar-refractivity contribution >= 4 is 38.5 Å². The molecule has 0 aliphatic rings. The van der Waals surface area contributed by atoms with E-state index in [9.17, 15) is 14.7 Å². The van der Waals surface area contributed by atoms with Gasteiger partial charge in [-0.1, -0.05) is 97.1 Å². The summed E-state index contributed by atoms with van der Waals surface area (Å²) in [6.45, 7) is 0. The third kappa shape index (κ3) is 3.69. The molecule has 7 aromatic rings. The zero-order chi connectivity index (χ0) is 27.2. The fourth-order valence-electron chi connectivity index (χ4n) is 5.53. The molecule has 0 fully saturated rings. The van der Waals surface area contributed by atoms with Gasteiger partial charge in [0, 0.05) is 16.7 Å². The van der Waals surface area contributed by atoms with E-state index in [1.165, 1.54) is 6.07 Å². The average Bonchev–Trinajstić information content (AvgIpc) is 3.01. The predicted molar refractivity (Wildman–Crippen MR) is 160 cm³/mol. The topological polar surface area (TPSA) is 67.5 Å². The lowest BCUT2D eigenvalue weighted by molar-refractivity contribution is 0.103. The lowest BCUT2D eigenvalue weighted by atomic mass is 9.85. The summed E-state index contributed by atoms with van der Waals surface area (Å²) in [5, 5.41) is 12.8. The van der Waals surface area contributed by atoms with Crippen LogP contribution >= 0.6 is 0 Å². The molecule has 4 nitrogen and oxygen atoms in total. The summed E-state index contributed by atoms with van der Waals surface area (Å²) in [7, 11) is 0. The van der Waals surface area contributed by atoms with Gasteiger partial charge in [-0.25, -0.2) is 0 Å². The molecule has 0 atom stereocenters. The minimum atomic E-state index is -0.300. The van der Waals surface area contributed by atoms with Crippen molar-refractivity contribution in [1.29, 1.82) is 0 Å². The van der Waals surface area contributed by atoms with Gasteiger partial charge in [0.05, 0.1) is 16.3 Å². The van der Waals surface area contributed by atoms with Gasteiger partial charge in [0.15, 0.2) is 5.78 Å². The van der Waals surface area contributed by atoms with Crippen LogP contribution in [0.3, 0.4) is 0 Å². The highest BCUT2D eigenvalue weighted by Crippen LogP contribution is 2.44. The second-order valence-corrected chi connectivity index (χ2v) is 9.72. The Labute approximate surface area is 229 Å². The highest BCUT2D eigenvalue weighted by atomic mass is 16.3. The van der Waals surface area contributed by atoms with E-state index in [2.05, 4.69) is 0 Å². The first kappa shape index (κ1) is 23.6. The Morgan fingerprint density at radius 2 is 1.23 bits per heavy atom. The van der Waals surface area contributed by atoms with Crippen molar-refractivity contribution in [3.05, 3.63) is 149 Å². The SMILES string of the molecule is O=C(c1ccc2c(c1)c(-c1ccccc1)c(-c1ccccc1)c1oc3ccccc3c(=O)c12)c1ccccc1O. The predicted octanol–water partition coefficient (Wildman–Crippen LogP) is 8.37. The number of para-hydroxylation sites is 2. The molecule has 40 heavy (non-hydrogen) atoms. The van der Waals surface area contributed by atoms with Crippen LogP contribution in [-0.4, -0.2) is 10.9 Å². The molecule has 1 heterocycles. The highest BCUT2D eigenvalue weighted by Gasteiger charge is 2.24. The second-order valence-electron chi connectivity index (χ2n) is 9.72. The monoisotopic (exact) mass is 518 g/mol. The number of aromatic hydroxyl groups is 1. The summed E-state index contributed by atoms with van der Waals surface area (Å²) < 4.78 is 6.55. The zero-order valence-electron chi connectivity index (χ0n) is 21.3. The molecule has 0 spiro atoms. The molecule has 0 unspecified atom stereocenters. The molecule has 0 radical (unpaired) electrons. The van der Waals surface area contributed by atoms with Gasteiger partial charge in [0.1, 0.15) is 16.9 Å². The van der Waals surface area contributed by atoms with Gasteiger partial charge in [0.2, 0.25) is 5.43 Å². The van der Waals surface area contributed by atoms with Crippen molar-refractivity contribution in [2.75, 3.05) is 0 Å². The molecule has 1 N–H and O–H groups in total. The normalized spacial score (nSPS) is 11.3. The Hall–Kier alpha value is -5.48. The van der Waals surface area contributed by atoms with Crippen molar-refractivity contribution < 1.29 is 14.3 Å². The van der Waals surface area contributed by atoms with Crippen molar-refractivity contribution in [3.63, 3.8) is 0 Å². The lowest BCUT2D eigenvalue weighted by Crippen LogP contribution is -2.06. The van der Waals surface area contributed by atoms with Gasteiger partial charge < -0.3 is 9.52 Å². The van der Waals surface area contributed by atoms with E-state index in [1.807, 2.05) is 91.0 Å². The minimum Gasteiger partial charge on any atom is -0.507 e. The maximum absolute atomic E-state index is 14.1. The van der Waals surface area contributed by atoms with Crippen LogP contribution in [0.25, 0.3) is 55.0 Å². The number of benzene rings is 6. The van der Waals surface area contributed by atoms with Gasteiger partial charge in [0.25, 0.3) is 0 Å². The van der Waals surface area contributed by atoms with Crippen molar-refractivity contribution in [2.24, 2.45) is 0 Å². The lowest BCUT2D eigenvalue weighted by Gasteiger charge is -2.18. The van der Waals surface area contributed by atoms with E-state index in [4.69, 9.17) is 4.42 Å². The molecule has 7 rings (SSSR count). The summed E-state index contributed by atoms with van der Waals surface area (Å²) in [6, 6.07) is 38.9. The van der Waals surface area contributed by atoms with Crippen LogP contribution in [0.5, 0.6) is 5.75 Å². The Morgan fingerprint density at radius 1 is 0.600 bits per heavy atom. The number of hydrogen-bond donors (Lipinski definition) is 1. The smallest absolute Gasteiger partial charge is 0.201 e. The number of carbonyl (C=O) groups excluding carboxylic acids is 1. The van der Waals surface area contributed by atoms with E-state index in [-0.39, 0.29) is 22.5 Å². The molecular formula is C36H22O4. The maximum Gasteiger partial charge on any atom is 0.201 e. The van der Waals surface area contributed by atoms with Crippen molar-refractivity contribution in [2.45, 2.75) is 0 Å². The summed E-state index contributed by atoms with van der Waals surface area (Å²) in [5.41, 5.74) is 4.98. The van der Waals surface area contributed by atoms with Gasteiger partial charge in [-0.05, 0) is 52.2 Å². The fourth-order valence-corrected chi connectivity index (χ4v) is 5.53. The number of phenols is 1. The molecule has 6 aromatic carbocycles. The van der Waals surface area contributed by atoms with E-state index in [0.717, 1.165) is 27.6 Å². The number of hydrogen-bond acceptors (Lipinski definition) is 4. The molecule has 0 saturated heterocycles. The summed E-state index contributed by atoms with van der Waals surface area (Å²) in [4.78, 5) is 27.6. The second kappa shape index (κ2) is 9.37. The number of ketones is 1. The highest BCUT2D eigenvalue weighted by molar-refractivity contribution is 6.23. The number of carbonyl (C=O) groups is 1. The van der Waals surface area contributed by atoms with Crippen LogP contribution in [-0.2, 0) is 0 Å². The standard InChI is InChI=1S/C36H22O4/c37-29-17-9-7-15-26(29)34(38)24-19-20-25-28(21-24)31(22-11-3-1-4-12-22)32(23-13-5-2-6-14-23)36-33(25)35(39)27-16-8-10-18-30(27)40-36/h1-21,37H. The Morgan fingerprint density at radius 3 is 1.95 bits per heavy atom. The Balaban J connectivity index is 1.69. The van der Waals surface area contributed by atoms with Crippen LogP contribution in [0.4, 0.5) is 0 Å². The van der Waals surface area contributed by atoms with E-state index < -0.39 is 0 Å². The molecule has 4 heteroatoms.